The van der Waals surface area contributed by atoms with Crippen LogP contribution in [-0.4, -0.2) is 35.9 Å². The van der Waals surface area contributed by atoms with Crippen LogP contribution in [0.25, 0.3) is 0 Å². The minimum Gasteiger partial charge on any atom is -0.370 e. The molecule has 0 atom stereocenters. The van der Waals surface area contributed by atoms with Gasteiger partial charge in [0, 0.05) is 20.2 Å². The van der Waals surface area contributed by atoms with Crippen molar-refractivity contribution in [3.63, 3.8) is 0 Å². The number of nitrogens with zero attached hydrogens (tertiary/aromatic N) is 2. The lowest BCUT2D eigenvalue weighted by Gasteiger charge is -2.38. The van der Waals surface area contributed by atoms with E-state index in [-0.39, 0.29) is 11.2 Å². The molecule has 1 saturated carbocycles. The van der Waals surface area contributed by atoms with E-state index in [1.807, 2.05) is 0 Å². The van der Waals surface area contributed by atoms with Crippen LogP contribution in [-0.2, 0) is 21.7 Å². The second-order valence-corrected chi connectivity index (χ2v) is 6.11. The van der Waals surface area contributed by atoms with Crippen molar-refractivity contribution in [3.8, 4) is 0 Å². The lowest BCUT2D eigenvalue weighted by atomic mass is 9.84. The van der Waals surface area contributed by atoms with Gasteiger partial charge in [-0.2, -0.15) is 4.98 Å². The minimum absolute atomic E-state index is 0.0988. The average Bonchev–Trinajstić information content (AvgIpc) is 2.93. The molecule has 2 aliphatic rings. The zero-order valence-corrected chi connectivity index (χ0v) is 12.3. The summed E-state index contributed by atoms with van der Waals surface area (Å²) < 4.78 is 16.9. The Morgan fingerprint density at radius 3 is 2.60 bits per heavy atom. The van der Waals surface area contributed by atoms with E-state index >= 15 is 0 Å². The first-order valence-corrected chi connectivity index (χ1v) is 7.39. The van der Waals surface area contributed by atoms with Crippen molar-refractivity contribution in [2.24, 2.45) is 0 Å². The van der Waals surface area contributed by atoms with Crippen molar-refractivity contribution in [1.29, 1.82) is 0 Å². The fourth-order valence-electron chi connectivity index (χ4n) is 2.96. The fourth-order valence-corrected chi connectivity index (χ4v) is 2.96. The number of aromatic nitrogens is 2. The third-order valence-corrected chi connectivity index (χ3v) is 4.47. The molecule has 0 amide bonds. The van der Waals surface area contributed by atoms with Crippen LogP contribution in [0.4, 0.5) is 0 Å². The van der Waals surface area contributed by atoms with Gasteiger partial charge in [-0.3, -0.25) is 0 Å². The molecule has 3 rings (SSSR count). The summed E-state index contributed by atoms with van der Waals surface area (Å²) >= 11 is 0. The molecule has 0 radical (unpaired) electrons. The number of hydrogen-bond acceptors (Lipinski definition) is 6. The summed E-state index contributed by atoms with van der Waals surface area (Å²) in [5, 5.41) is 7.32. The quantitative estimate of drug-likeness (QED) is 0.887. The molecule has 6 nitrogen and oxygen atoms in total. The van der Waals surface area contributed by atoms with Crippen molar-refractivity contribution in [2.45, 2.75) is 56.8 Å². The van der Waals surface area contributed by atoms with Gasteiger partial charge in [-0.1, -0.05) is 24.4 Å². The highest BCUT2D eigenvalue weighted by molar-refractivity contribution is 5.03. The molecule has 6 heteroatoms. The highest BCUT2D eigenvalue weighted by Crippen LogP contribution is 2.38. The van der Waals surface area contributed by atoms with Crippen LogP contribution in [0.2, 0.25) is 0 Å². The van der Waals surface area contributed by atoms with Gasteiger partial charge in [-0.05, 0) is 19.8 Å². The number of rotatable bonds is 5. The van der Waals surface area contributed by atoms with Gasteiger partial charge in [0.2, 0.25) is 5.82 Å². The molecule has 20 heavy (non-hydrogen) atoms. The Hall–Kier alpha value is -0.980. The summed E-state index contributed by atoms with van der Waals surface area (Å²) in [5.41, 5.74) is -0.458. The summed E-state index contributed by atoms with van der Waals surface area (Å²) in [6.07, 6.45) is 5.48. The first kappa shape index (κ1) is 14.0. The predicted octanol–water partition coefficient (Wildman–Crippen LogP) is 1.75. The van der Waals surface area contributed by atoms with E-state index in [1.54, 1.807) is 7.11 Å². The number of nitrogens with one attached hydrogen (secondary N) is 1. The van der Waals surface area contributed by atoms with Crippen LogP contribution in [0.15, 0.2) is 4.52 Å². The van der Waals surface area contributed by atoms with Crippen LogP contribution in [0.3, 0.4) is 0 Å². The monoisotopic (exact) mass is 281 g/mol. The van der Waals surface area contributed by atoms with Gasteiger partial charge in [0.05, 0.1) is 5.60 Å². The van der Waals surface area contributed by atoms with Crippen LogP contribution in [0.5, 0.6) is 0 Å². The summed E-state index contributed by atoms with van der Waals surface area (Å²) in [7, 11) is 1.74. The van der Waals surface area contributed by atoms with Crippen molar-refractivity contribution in [2.75, 3.05) is 20.2 Å². The maximum absolute atomic E-state index is 5.82. The molecular formula is C14H23N3O3. The van der Waals surface area contributed by atoms with Gasteiger partial charge in [0.1, 0.15) is 12.2 Å². The molecular weight excluding hydrogens is 258 g/mol. The molecule has 2 fully saturated rings. The normalized spacial score (nSPS) is 24.3. The summed E-state index contributed by atoms with van der Waals surface area (Å²) in [6, 6.07) is 0. The highest BCUT2D eigenvalue weighted by atomic mass is 16.5. The molecule has 1 saturated heterocycles. The van der Waals surface area contributed by atoms with Gasteiger partial charge in [-0.25, -0.2) is 0 Å². The summed E-state index contributed by atoms with van der Waals surface area (Å²) in [5.74, 6) is 1.21. The van der Waals surface area contributed by atoms with Crippen molar-refractivity contribution >= 4 is 0 Å². The molecule has 0 aromatic carbocycles. The Morgan fingerprint density at radius 1 is 1.25 bits per heavy atom. The number of ether oxygens (including phenoxy) is 2. The SMILES string of the molecule is COC1(c2noc(COC3(C)CNC3)n2)CCCCC1. The molecule has 112 valence electrons. The van der Waals surface area contributed by atoms with Crippen molar-refractivity contribution in [3.05, 3.63) is 11.7 Å². The second-order valence-electron chi connectivity index (χ2n) is 6.11. The van der Waals surface area contributed by atoms with Gasteiger partial charge in [0.25, 0.3) is 5.89 Å². The standard InChI is InChI=1S/C14H23N3O3/c1-13(9-15-10-13)19-8-11-16-12(17-20-11)14(18-2)6-4-3-5-7-14/h15H,3-10H2,1-2H3. The number of hydrogen-bond donors (Lipinski definition) is 1. The van der Waals surface area contributed by atoms with E-state index in [0.717, 1.165) is 38.8 Å². The van der Waals surface area contributed by atoms with Crippen molar-refractivity contribution in [1.82, 2.24) is 15.5 Å². The first-order valence-electron chi connectivity index (χ1n) is 7.39. The summed E-state index contributed by atoms with van der Waals surface area (Å²) in [6.45, 7) is 4.19. The molecule has 2 heterocycles. The maximum Gasteiger partial charge on any atom is 0.252 e. The fraction of sp³-hybridized carbons (Fsp3) is 0.857. The van der Waals surface area contributed by atoms with Crippen LogP contribution >= 0.6 is 0 Å². The zero-order chi connectivity index (χ0) is 14.1. The molecule has 0 unspecified atom stereocenters. The van der Waals surface area contributed by atoms with E-state index < -0.39 is 0 Å². The highest BCUT2D eigenvalue weighted by Gasteiger charge is 2.39. The zero-order valence-electron chi connectivity index (χ0n) is 12.3. The average molecular weight is 281 g/mol. The number of methoxy groups -OCH3 is 1. The van der Waals surface area contributed by atoms with E-state index in [0.29, 0.717) is 18.3 Å². The Balaban J connectivity index is 1.66. The molecule has 0 spiro atoms. The lowest BCUT2D eigenvalue weighted by molar-refractivity contribution is -0.0841. The van der Waals surface area contributed by atoms with Gasteiger partial charge in [-0.15, -0.1) is 0 Å². The molecule has 1 aliphatic heterocycles. The largest absolute Gasteiger partial charge is 0.370 e. The molecule has 1 aliphatic carbocycles. The molecule has 1 N–H and O–H groups in total. The second kappa shape index (κ2) is 5.42. The minimum atomic E-state index is -0.359. The smallest absolute Gasteiger partial charge is 0.252 e. The molecule has 1 aromatic rings. The van der Waals surface area contributed by atoms with E-state index in [1.165, 1.54) is 6.42 Å². The Kier molecular flexibility index (Phi) is 3.79. The lowest BCUT2D eigenvalue weighted by Crippen LogP contribution is -2.58. The van der Waals surface area contributed by atoms with Crippen LogP contribution < -0.4 is 5.32 Å². The maximum atomic E-state index is 5.82. The van der Waals surface area contributed by atoms with Gasteiger partial charge in [0.15, 0.2) is 0 Å². The van der Waals surface area contributed by atoms with E-state index in [4.69, 9.17) is 14.0 Å². The molecule has 0 bridgehead atoms. The predicted molar refractivity (Wildman–Crippen MR) is 72.1 cm³/mol. The van der Waals surface area contributed by atoms with E-state index in [9.17, 15) is 0 Å². The third kappa shape index (κ3) is 2.60. The van der Waals surface area contributed by atoms with Crippen LogP contribution in [0, 0.1) is 0 Å². The Bertz CT molecular complexity index is 450. The van der Waals surface area contributed by atoms with Gasteiger partial charge >= 0.3 is 0 Å². The third-order valence-electron chi connectivity index (χ3n) is 4.47. The van der Waals surface area contributed by atoms with E-state index in [2.05, 4.69) is 22.4 Å². The van der Waals surface area contributed by atoms with Crippen molar-refractivity contribution < 1.29 is 14.0 Å². The first-order chi connectivity index (χ1) is 9.66. The topological polar surface area (TPSA) is 69.4 Å². The Labute approximate surface area is 119 Å². The molecule has 1 aromatic heterocycles. The van der Waals surface area contributed by atoms with Gasteiger partial charge < -0.3 is 19.3 Å². The van der Waals surface area contributed by atoms with Crippen LogP contribution in [0.1, 0.15) is 50.7 Å². The summed E-state index contributed by atoms with van der Waals surface area (Å²) in [4.78, 5) is 4.49. The Morgan fingerprint density at radius 2 is 2.00 bits per heavy atom.